The van der Waals surface area contributed by atoms with E-state index in [1.165, 1.54) is 0 Å². The standard InChI is InChI=1S/C15H20N2O4/c1-2-6-12(9-14(19)20)17-13(18)10-16-15(21)11-7-4-3-5-8-11/h3-5,7-8,12H,2,6,9-10H2,1H3,(H,16,21)(H,17,18)(H,19,20). The summed E-state index contributed by atoms with van der Waals surface area (Å²) in [6.07, 6.45) is 1.24. The van der Waals surface area contributed by atoms with Gasteiger partial charge in [-0.1, -0.05) is 31.5 Å². The molecule has 0 saturated carbocycles. The van der Waals surface area contributed by atoms with E-state index in [4.69, 9.17) is 5.11 Å². The third kappa shape index (κ3) is 6.56. The first-order valence-corrected chi connectivity index (χ1v) is 6.87. The van der Waals surface area contributed by atoms with Crippen LogP contribution in [0.25, 0.3) is 0 Å². The van der Waals surface area contributed by atoms with E-state index < -0.39 is 12.0 Å². The first-order chi connectivity index (χ1) is 10.0. The third-order valence-electron chi connectivity index (χ3n) is 2.87. The molecule has 0 heterocycles. The molecular formula is C15H20N2O4. The van der Waals surface area contributed by atoms with E-state index in [1.807, 2.05) is 6.92 Å². The molecule has 1 atom stereocenters. The van der Waals surface area contributed by atoms with Gasteiger partial charge in [-0.3, -0.25) is 14.4 Å². The van der Waals surface area contributed by atoms with Gasteiger partial charge in [0.1, 0.15) is 0 Å². The summed E-state index contributed by atoms with van der Waals surface area (Å²) in [4.78, 5) is 34.2. The third-order valence-corrected chi connectivity index (χ3v) is 2.87. The average molecular weight is 292 g/mol. The highest BCUT2D eigenvalue weighted by Crippen LogP contribution is 2.02. The highest BCUT2D eigenvalue weighted by atomic mass is 16.4. The molecule has 0 saturated heterocycles. The smallest absolute Gasteiger partial charge is 0.305 e. The molecule has 1 aromatic rings. The lowest BCUT2D eigenvalue weighted by molar-refractivity contribution is -0.137. The number of carboxylic acid groups (broad SMARTS) is 1. The molecule has 6 heteroatoms. The minimum atomic E-state index is -0.956. The normalized spacial score (nSPS) is 11.5. The second-order valence-electron chi connectivity index (χ2n) is 4.70. The minimum Gasteiger partial charge on any atom is -0.481 e. The number of aliphatic carboxylic acids is 1. The van der Waals surface area contributed by atoms with Gasteiger partial charge in [0.2, 0.25) is 5.91 Å². The maximum atomic E-state index is 11.8. The molecule has 1 aromatic carbocycles. The largest absolute Gasteiger partial charge is 0.481 e. The van der Waals surface area contributed by atoms with E-state index in [1.54, 1.807) is 30.3 Å². The van der Waals surface area contributed by atoms with Crippen molar-refractivity contribution in [3.63, 3.8) is 0 Å². The quantitative estimate of drug-likeness (QED) is 0.670. The summed E-state index contributed by atoms with van der Waals surface area (Å²) in [5.41, 5.74) is 0.473. The molecule has 0 aromatic heterocycles. The van der Waals surface area contributed by atoms with Crippen LogP contribution in [0.1, 0.15) is 36.5 Å². The molecule has 0 radical (unpaired) electrons. The van der Waals surface area contributed by atoms with Gasteiger partial charge in [-0.2, -0.15) is 0 Å². The van der Waals surface area contributed by atoms with E-state index in [0.29, 0.717) is 12.0 Å². The summed E-state index contributed by atoms with van der Waals surface area (Å²) in [5.74, 6) is -1.68. The molecule has 0 aliphatic heterocycles. The van der Waals surface area contributed by atoms with Crippen molar-refractivity contribution >= 4 is 17.8 Å². The maximum absolute atomic E-state index is 11.8. The number of hydrogen-bond donors (Lipinski definition) is 3. The lowest BCUT2D eigenvalue weighted by Gasteiger charge is -2.16. The fourth-order valence-corrected chi connectivity index (χ4v) is 1.92. The van der Waals surface area contributed by atoms with Crippen LogP contribution < -0.4 is 10.6 Å². The van der Waals surface area contributed by atoms with Gasteiger partial charge < -0.3 is 15.7 Å². The number of carbonyl (C=O) groups excluding carboxylic acids is 2. The van der Waals surface area contributed by atoms with E-state index in [-0.39, 0.29) is 24.8 Å². The van der Waals surface area contributed by atoms with E-state index in [2.05, 4.69) is 10.6 Å². The van der Waals surface area contributed by atoms with Gasteiger partial charge in [0.15, 0.2) is 0 Å². The molecule has 0 bridgehead atoms. The predicted molar refractivity (Wildman–Crippen MR) is 77.9 cm³/mol. The highest BCUT2D eigenvalue weighted by Gasteiger charge is 2.15. The summed E-state index contributed by atoms with van der Waals surface area (Å²) in [6.45, 7) is 1.74. The van der Waals surface area contributed by atoms with E-state index >= 15 is 0 Å². The van der Waals surface area contributed by atoms with E-state index in [9.17, 15) is 14.4 Å². The molecule has 3 N–H and O–H groups in total. The predicted octanol–water partition coefficient (Wildman–Crippen LogP) is 1.18. The van der Waals surface area contributed by atoms with Gasteiger partial charge >= 0.3 is 5.97 Å². The Bertz CT molecular complexity index is 488. The van der Waals surface area contributed by atoms with Gasteiger partial charge in [-0.05, 0) is 18.6 Å². The summed E-state index contributed by atoms with van der Waals surface area (Å²) >= 11 is 0. The van der Waals surface area contributed by atoms with Crippen LogP contribution >= 0.6 is 0 Å². The number of carbonyl (C=O) groups is 3. The Morgan fingerprint density at radius 2 is 1.86 bits per heavy atom. The molecular weight excluding hydrogens is 272 g/mol. The number of amides is 2. The zero-order valence-corrected chi connectivity index (χ0v) is 12.0. The zero-order chi connectivity index (χ0) is 15.7. The van der Waals surface area contributed by atoms with Crippen LogP contribution in [-0.2, 0) is 9.59 Å². The van der Waals surface area contributed by atoms with Crippen molar-refractivity contribution in [2.75, 3.05) is 6.54 Å². The van der Waals surface area contributed by atoms with Crippen molar-refractivity contribution in [2.24, 2.45) is 0 Å². The van der Waals surface area contributed by atoms with Crippen molar-refractivity contribution in [1.29, 1.82) is 0 Å². The number of hydrogen-bond acceptors (Lipinski definition) is 3. The molecule has 21 heavy (non-hydrogen) atoms. The van der Waals surface area contributed by atoms with Crippen LogP contribution in [0.3, 0.4) is 0 Å². The number of carboxylic acids is 1. The minimum absolute atomic E-state index is 0.119. The summed E-state index contributed by atoms with van der Waals surface area (Å²) in [5, 5.41) is 13.9. The molecule has 1 rings (SSSR count). The van der Waals surface area contributed by atoms with Crippen LogP contribution in [0.2, 0.25) is 0 Å². The van der Waals surface area contributed by atoms with E-state index in [0.717, 1.165) is 6.42 Å². The number of benzene rings is 1. The van der Waals surface area contributed by atoms with Crippen molar-refractivity contribution in [2.45, 2.75) is 32.2 Å². The van der Waals surface area contributed by atoms with Gasteiger partial charge in [0, 0.05) is 11.6 Å². The Morgan fingerprint density at radius 3 is 2.43 bits per heavy atom. The van der Waals surface area contributed by atoms with Crippen molar-refractivity contribution < 1.29 is 19.5 Å². The lowest BCUT2D eigenvalue weighted by Crippen LogP contribution is -2.42. The van der Waals surface area contributed by atoms with Gasteiger partial charge in [-0.15, -0.1) is 0 Å². The van der Waals surface area contributed by atoms with Gasteiger partial charge in [0.25, 0.3) is 5.91 Å². The Morgan fingerprint density at radius 1 is 1.19 bits per heavy atom. The van der Waals surface area contributed by atoms with Crippen LogP contribution in [0, 0.1) is 0 Å². The van der Waals surface area contributed by atoms with Crippen molar-refractivity contribution in [3.8, 4) is 0 Å². The second-order valence-corrected chi connectivity index (χ2v) is 4.70. The lowest BCUT2D eigenvalue weighted by atomic mass is 10.1. The topological polar surface area (TPSA) is 95.5 Å². The SMILES string of the molecule is CCCC(CC(=O)O)NC(=O)CNC(=O)c1ccccc1. The fraction of sp³-hybridized carbons (Fsp3) is 0.400. The number of rotatable bonds is 8. The monoisotopic (exact) mass is 292 g/mol. The Hall–Kier alpha value is -2.37. The highest BCUT2D eigenvalue weighted by molar-refractivity contribution is 5.96. The molecule has 0 fully saturated rings. The number of nitrogens with one attached hydrogen (secondary N) is 2. The molecule has 0 aliphatic carbocycles. The molecule has 0 aliphatic rings. The summed E-state index contributed by atoms with van der Waals surface area (Å²) in [6, 6.07) is 8.16. The summed E-state index contributed by atoms with van der Waals surface area (Å²) in [7, 11) is 0. The van der Waals surface area contributed by atoms with Crippen LogP contribution in [0.4, 0.5) is 0 Å². The molecule has 6 nitrogen and oxygen atoms in total. The Kier molecular flexibility index (Phi) is 6.94. The Labute approximate surface area is 123 Å². The molecule has 1 unspecified atom stereocenters. The summed E-state index contributed by atoms with van der Waals surface area (Å²) < 4.78 is 0. The molecule has 2 amide bonds. The van der Waals surface area contributed by atoms with Crippen LogP contribution in [0.5, 0.6) is 0 Å². The first-order valence-electron chi connectivity index (χ1n) is 6.87. The second kappa shape index (κ2) is 8.73. The fourth-order valence-electron chi connectivity index (χ4n) is 1.92. The Balaban J connectivity index is 2.42. The zero-order valence-electron chi connectivity index (χ0n) is 12.0. The van der Waals surface area contributed by atoms with Crippen LogP contribution in [0.15, 0.2) is 30.3 Å². The molecule has 114 valence electrons. The average Bonchev–Trinajstić information content (AvgIpc) is 2.45. The first kappa shape index (κ1) is 16.7. The van der Waals surface area contributed by atoms with Crippen LogP contribution in [-0.4, -0.2) is 35.5 Å². The molecule has 0 spiro atoms. The van der Waals surface area contributed by atoms with Gasteiger partial charge in [0.05, 0.1) is 13.0 Å². The van der Waals surface area contributed by atoms with Crippen molar-refractivity contribution in [3.05, 3.63) is 35.9 Å². The maximum Gasteiger partial charge on any atom is 0.305 e. The van der Waals surface area contributed by atoms with Crippen molar-refractivity contribution in [1.82, 2.24) is 10.6 Å². The van der Waals surface area contributed by atoms with Gasteiger partial charge in [-0.25, -0.2) is 0 Å².